The molecule has 44 heavy (non-hydrogen) atoms. The van der Waals surface area contributed by atoms with Crippen molar-refractivity contribution in [1.29, 1.82) is 0 Å². The van der Waals surface area contributed by atoms with Gasteiger partial charge in [0.2, 0.25) is 10.0 Å². The first-order valence-corrected chi connectivity index (χ1v) is 15.8. The molecule has 1 amide bonds. The van der Waals surface area contributed by atoms with Gasteiger partial charge in [-0.05, 0) is 73.2 Å². The van der Waals surface area contributed by atoms with Gasteiger partial charge in [0, 0.05) is 12.0 Å². The minimum atomic E-state index is -4.03. The van der Waals surface area contributed by atoms with Gasteiger partial charge in [-0.15, -0.1) is 0 Å². The highest BCUT2D eigenvalue weighted by atomic mass is 32.2. The number of methoxy groups -OCH3 is 1. The standard InChI is InChI=1S/C35H38N2O6S/c1-24-20-32(42-4)25(2)26(3)33(24)44(40,41)37-30(21-27-14-8-5-9-15-27)23-43-35(39)31(22-28-16-10-6-11-17-28)36-34(38)29-18-12-7-13-19-29/h5-20,30-31,37H,21-23H2,1-4H3,(H,36,38)/t30-,31+/m0/s1. The van der Waals surface area contributed by atoms with E-state index in [1.54, 1.807) is 57.4 Å². The van der Waals surface area contributed by atoms with Crippen LogP contribution >= 0.6 is 0 Å². The summed E-state index contributed by atoms with van der Waals surface area (Å²) in [5, 5.41) is 2.80. The molecule has 0 unspecified atom stereocenters. The molecule has 2 N–H and O–H groups in total. The van der Waals surface area contributed by atoms with Gasteiger partial charge in [-0.2, -0.15) is 0 Å². The molecule has 0 fully saturated rings. The Morgan fingerprint density at radius 2 is 1.32 bits per heavy atom. The van der Waals surface area contributed by atoms with Gasteiger partial charge in [-0.1, -0.05) is 78.9 Å². The topological polar surface area (TPSA) is 111 Å². The highest BCUT2D eigenvalue weighted by Gasteiger charge is 2.29. The lowest BCUT2D eigenvalue weighted by Crippen LogP contribution is -2.46. The van der Waals surface area contributed by atoms with Crippen molar-refractivity contribution in [3.05, 3.63) is 130 Å². The Hall–Kier alpha value is -4.47. The Morgan fingerprint density at radius 1 is 0.773 bits per heavy atom. The molecule has 0 heterocycles. The lowest BCUT2D eigenvalue weighted by atomic mass is 10.1. The maximum Gasteiger partial charge on any atom is 0.329 e. The van der Waals surface area contributed by atoms with Crippen LogP contribution in [-0.2, 0) is 32.4 Å². The van der Waals surface area contributed by atoms with Gasteiger partial charge in [-0.3, -0.25) is 4.79 Å². The van der Waals surface area contributed by atoms with Gasteiger partial charge in [0.15, 0.2) is 0 Å². The molecule has 230 valence electrons. The summed E-state index contributed by atoms with van der Waals surface area (Å²) in [6.07, 6.45) is 0.483. The second-order valence-electron chi connectivity index (χ2n) is 10.7. The maximum absolute atomic E-state index is 13.8. The van der Waals surface area contributed by atoms with Crippen molar-refractivity contribution in [3.63, 3.8) is 0 Å². The third-order valence-electron chi connectivity index (χ3n) is 7.45. The van der Waals surface area contributed by atoms with E-state index in [0.717, 1.165) is 16.7 Å². The molecule has 0 aliphatic heterocycles. The fraction of sp³-hybridized carbons (Fsp3) is 0.257. The summed E-state index contributed by atoms with van der Waals surface area (Å²) in [5.41, 5.74) is 3.96. The monoisotopic (exact) mass is 614 g/mol. The lowest BCUT2D eigenvalue weighted by molar-refractivity contribution is -0.146. The van der Waals surface area contributed by atoms with Crippen molar-refractivity contribution < 1.29 is 27.5 Å². The molecule has 4 aromatic rings. The smallest absolute Gasteiger partial charge is 0.329 e. The number of ether oxygens (including phenoxy) is 2. The number of hydrogen-bond donors (Lipinski definition) is 2. The number of rotatable bonds is 13. The molecular weight excluding hydrogens is 576 g/mol. The first-order valence-electron chi connectivity index (χ1n) is 14.4. The molecule has 0 spiro atoms. The number of hydrogen-bond acceptors (Lipinski definition) is 6. The van der Waals surface area contributed by atoms with Gasteiger partial charge in [0.1, 0.15) is 18.4 Å². The molecule has 0 aliphatic carbocycles. The van der Waals surface area contributed by atoms with Gasteiger partial charge < -0.3 is 14.8 Å². The Labute approximate surface area is 259 Å². The largest absolute Gasteiger partial charge is 0.496 e. The fourth-order valence-corrected chi connectivity index (χ4v) is 6.86. The second-order valence-corrected chi connectivity index (χ2v) is 12.3. The van der Waals surface area contributed by atoms with Crippen LogP contribution < -0.4 is 14.8 Å². The summed E-state index contributed by atoms with van der Waals surface area (Å²) in [4.78, 5) is 26.7. The number of esters is 1. The molecule has 2 atom stereocenters. The summed E-state index contributed by atoms with van der Waals surface area (Å²) in [7, 11) is -2.48. The first-order chi connectivity index (χ1) is 21.1. The molecule has 0 bridgehead atoms. The van der Waals surface area contributed by atoms with Crippen LogP contribution in [0.5, 0.6) is 5.75 Å². The van der Waals surface area contributed by atoms with Crippen molar-refractivity contribution in [3.8, 4) is 5.75 Å². The molecular formula is C35H38N2O6S. The third-order valence-corrected chi connectivity index (χ3v) is 9.26. The first kappa shape index (κ1) is 32.4. The molecule has 0 aromatic heterocycles. The number of aryl methyl sites for hydroxylation is 1. The van der Waals surface area contributed by atoms with Crippen molar-refractivity contribution in [2.45, 2.75) is 50.6 Å². The van der Waals surface area contributed by atoms with Crippen LogP contribution in [0, 0.1) is 20.8 Å². The van der Waals surface area contributed by atoms with Crippen molar-refractivity contribution >= 4 is 21.9 Å². The number of carbonyl (C=O) groups excluding carboxylic acids is 2. The van der Waals surface area contributed by atoms with E-state index in [2.05, 4.69) is 10.0 Å². The minimum Gasteiger partial charge on any atom is -0.496 e. The predicted molar refractivity (Wildman–Crippen MR) is 170 cm³/mol. The average Bonchev–Trinajstić information content (AvgIpc) is 3.02. The molecule has 9 heteroatoms. The van der Waals surface area contributed by atoms with Gasteiger partial charge in [-0.25, -0.2) is 17.9 Å². The Bertz CT molecular complexity index is 1680. The number of benzene rings is 4. The summed E-state index contributed by atoms with van der Waals surface area (Å²) < 4.78 is 41.5. The van der Waals surface area contributed by atoms with Crippen LogP contribution in [-0.4, -0.2) is 46.1 Å². The van der Waals surface area contributed by atoms with E-state index in [0.29, 0.717) is 22.4 Å². The van der Waals surface area contributed by atoms with Crippen molar-refractivity contribution in [1.82, 2.24) is 10.0 Å². The summed E-state index contributed by atoms with van der Waals surface area (Å²) in [6.45, 7) is 5.04. The molecule has 4 aromatic carbocycles. The molecule has 8 nitrogen and oxygen atoms in total. The van der Waals surface area contributed by atoms with Crippen LogP contribution in [0.1, 0.15) is 38.2 Å². The van der Waals surface area contributed by atoms with Crippen LogP contribution in [0.25, 0.3) is 0 Å². The van der Waals surface area contributed by atoms with E-state index >= 15 is 0 Å². The minimum absolute atomic E-state index is 0.164. The zero-order chi connectivity index (χ0) is 31.7. The Kier molecular flexibility index (Phi) is 10.9. The number of amides is 1. The summed E-state index contributed by atoms with van der Waals surface area (Å²) in [5.74, 6) is -0.468. The highest BCUT2D eigenvalue weighted by Crippen LogP contribution is 2.30. The Morgan fingerprint density at radius 3 is 1.89 bits per heavy atom. The van der Waals surface area contributed by atoms with Crippen molar-refractivity contribution in [2.24, 2.45) is 0 Å². The number of nitrogens with one attached hydrogen (secondary N) is 2. The summed E-state index contributed by atoms with van der Waals surface area (Å²) in [6, 6.07) is 27.2. The molecule has 0 radical (unpaired) electrons. The molecule has 0 saturated heterocycles. The quantitative estimate of drug-likeness (QED) is 0.203. The fourth-order valence-electron chi connectivity index (χ4n) is 5.12. The van der Waals surface area contributed by atoms with Gasteiger partial charge in [0.25, 0.3) is 5.91 Å². The molecule has 4 rings (SSSR count). The molecule has 0 aliphatic rings. The highest BCUT2D eigenvalue weighted by molar-refractivity contribution is 7.89. The average molecular weight is 615 g/mol. The zero-order valence-electron chi connectivity index (χ0n) is 25.4. The lowest BCUT2D eigenvalue weighted by Gasteiger charge is -2.23. The van der Waals surface area contributed by atoms with Crippen LogP contribution in [0.3, 0.4) is 0 Å². The summed E-state index contributed by atoms with van der Waals surface area (Å²) >= 11 is 0. The van der Waals surface area contributed by atoms with Gasteiger partial charge in [0.05, 0.1) is 18.0 Å². The Balaban J connectivity index is 1.58. The van der Waals surface area contributed by atoms with Crippen LogP contribution in [0.2, 0.25) is 0 Å². The second kappa shape index (κ2) is 14.8. The maximum atomic E-state index is 13.8. The predicted octanol–water partition coefficient (Wildman–Crippen LogP) is 5.09. The van der Waals surface area contributed by atoms with Gasteiger partial charge >= 0.3 is 5.97 Å². The van der Waals surface area contributed by atoms with Crippen LogP contribution in [0.15, 0.2) is 102 Å². The number of carbonyl (C=O) groups is 2. The SMILES string of the molecule is COc1cc(C)c(S(=O)(=O)N[C@H](COC(=O)[C@@H](Cc2ccccc2)NC(=O)c2ccccc2)Cc2ccccc2)c(C)c1C. The van der Waals surface area contributed by atoms with E-state index in [-0.39, 0.29) is 24.3 Å². The van der Waals surface area contributed by atoms with Crippen molar-refractivity contribution in [2.75, 3.05) is 13.7 Å². The van der Waals surface area contributed by atoms with E-state index in [1.807, 2.05) is 67.6 Å². The third kappa shape index (κ3) is 8.33. The normalized spacial score (nSPS) is 12.6. The van der Waals surface area contributed by atoms with E-state index in [1.165, 1.54) is 0 Å². The van der Waals surface area contributed by atoms with E-state index < -0.39 is 34.0 Å². The number of sulfonamides is 1. The van der Waals surface area contributed by atoms with Crippen LogP contribution in [0.4, 0.5) is 0 Å². The molecule has 0 saturated carbocycles. The van der Waals surface area contributed by atoms with E-state index in [9.17, 15) is 18.0 Å². The van der Waals surface area contributed by atoms with E-state index in [4.69, 9.17) is 9.47 Å². The zero-order valence-corrected chi connectivity index (χ0v) is 26.2.